The average Bonchev–Trinajstić information content (AvgIpc) is 3.36. The number of furan rings is 1. The van der Waals surface area contributed by atoms with E-state index in [1.54, 1.807) is 31.2 Å². The minimum Gasteiger partial charge on any atom is -0.481 e. The highest BCUT2D eigenvalue weighted by Gasteiger charge is 2.33. The van der Waals surface area contributed by atoms with E-state index in [1.807, 2.05) is 23.1 Å². The Morgan fingerprint density at radius 1 is 1.11 bits per heavy atom. The Morgan fingerprint density at radius 2 is 1.86 bits per heavy atom. The summed E-state index contributed by atoms with van der Waals surface area (Å²) in [7, 11) is 1.74. The Morgan fingerprint density at radius 3 is 2.53 bits per heavy atom. The molecule has 36 heavy (non-hydrogen) atoms. The molecule has 0 aliphatic carbocycles. The zero-order chi connectivity index (χ0) is 25.8. The molecule has 1 aliphatic heterocycles. The van der Waals surface area contributed by atoms with Crippen molar-refractivity contribution >= 4 is 11.8 Å². The molecule has 6 nitrogen and oxygen atoms in total. The van der Waals surface area contributed by atoms with Gasteiger partial charge < -0.3 is 19.0 Å². The standard InChI is InChI=1S/C30H36N2O4/c1-20(2)17-28(33)32-15-14-23-12-13-25(18-27(23)29(32)24-10-8-21(3)9-11-24)36-22(4)30(34)31(5)19-26-7-6-16-35-26/h6-13,16,18,20,22,29H,14-15,17,19H2,1-5H3/t22-,29-/m1/s1. The highest BCUT2D eigenvalue weighted by atomic mass is 16.5. The van der Waals surface area contributed by atoms with Crippen molar-refractivity contribution in [2.24, 2.45) is 5.92 Å². The first-order valence-corrected chi connectivity index (χ1v) is 12.7. The lowest BCUT2D eigenvalue weighted by molar-refractivity contribution is -0.137. The largest absolute Gasteiger partial charge is 0.481 e. The smallest absolute Gasteiger partial charge is 0.263 e. The second-order valence-corrected chi connectivity index (χ2v) is 10.1. The molecule has 0 saturated heterocycles. The van der Waals surface area contributed by atoms with E-state index in [4.69, 9.17) is 9.15 Å². The maximum absolute atomic E-state index is 13.3. The molecule has 0 unspecified atom stereocenters. The van der Waals surface area contributed by atoms with Crippen molar-refractivity contribution in [1.29, 1.82) is 0 Å². The molecule has 6 heteroatoms. The van der Waals surface area contributed by atoms with Gasteiger partial charge in [-0.05, 0) is 67.1 Å². The van der Waals surface area contributed by atoms with Gasteiger partial charge in [0.1, 0.15) is 11.5 Å². The van der Waals surface area contributed by atoms with E-state index in [1.165, 1.54) is 11.1 Å². The van der Waals surface area contributed by atoms with Crippen LogP contribution in [0.5, 0.6) is 5.75 Å². The zero-order valence-corrected chi connectivity index (χ0v) is 21.9. The van der Waals surface area contributed by atoms with Gasteiger partial charge in [-0.1, -0.05) is 49.7 Å². The first-order valence-electron chi connectivity index (χ1n) is 12.7. The number of nitrogens with zero attached hydrogens (tertiary/aromatic N) is 2. The lowest BCUT2D eigenvalue weighted by Gasteiger charge is -2.38. The monoisotopic (exact) mass is 488 g/mol. The first kappa shape index (κ1) is 25.5. The number of hydrogen-bond donors (Lipinski definition) is 0. The minimum absolute atomic E-state index is 0.132. The van der Waals surface area contributed by atoms with Gasteiger partial charge in [-0.2, -0.15) is 0 Å². The van der Waals surface area contributed by atoms with Gasteiger partial charge in [0.05, 0.1) is 18.8 Å². The van der Waals surface area contributed by atoms with Crippen LogP contribution in [0.3, 0.4) is 0 Å². The summed E-state index contributed by atoms with van der Waals surface area (Å²) in [5.74, 6) is 1.66. The number of hydrogen-bond acceptors (Lipinski definition) is 4. The van der Waals surface area contributed by atoms with Crippen molar-refractivity contribution in [2.75, 3.05) is 13.6 Å². The zero-order valence-electron chi connectivity index (χ0n) is 21.9. The Balaban J connectivity index is 1.59. The van der Waals surface area contributed by atoms with Gasteiger partial charge in [0.15, 0.2) is 6.10 Å². The van der Waals surface area contributed by atoms with Crippen molar-refractivity contribution in [2.45, 2.75) is 59.2 Å². The SMILES string of the molecule is Cc1ccc([C@@H]2c3cc(O[C@H](C)C(=O)N(C)Cc4ccco4)ccc3CCN2C(=O)CC(C)C)cc1. The lowest BCUT2D eigenvalue weighted by atomic mass is 9.87. The molecule has 2 heterocycles. The van der Waals surface area contributed by atoms with Gasteiger partial charge in [-0.25, -0.2) is 0 Å². The summed E-state index contributed by atoms with van der Waals surface area (Å²) in [5, 5.41) is 0. The normalized spacial score (nSPS) is 15.9. The number of rotatable bonds is 8. The molecule has 2 amide bonds. The number of carbonyl (C=O) groups is 2. The fraction of sp³-hybridized carbons (Fsp3) is 0.400. The van der Waals surface area contributed by atoms with E-state index in [0.717, 1.165) is 23.3 Å². The van der Waals surface area contributed by atoms with Crippen LogP contribution in [0.25, 0.3) is 0 Å². The van der Waals surface area contributed by atoms with Gasteiger partial charge in [0, 0.05) is 20.0 Å². The van der Waals surface area contributed by atoms with Gasteiger partial charge in [-0.3, -0.25) is 9.59 Å². The Labute approximate surface area is 213 Å². The second kappa shape index (κ2) is 11.0. The van der Waals surface area contributed by atoms with E-state index in [0.29, 0.717) is 25.3 Å². The van der Waals surface area contributed by atoms with Gasteiger partial charge in [0.2, 0.25) is 5.91 Å². The molecule has 0 saturated carbocycles. The van der Waals surface area contributed by atoms with Crippen LogP contribution < -0.4 is 4.74 Å². The van der Waals surface area contributed by atoms with E-state index in [2.05, 4.69) is 51.1 Å². The van der Waals surface area contributed by atoms with Crippen LogP contribution in [0.1, 0.15) is 61.2 Å². The van der Waals surface area contributed by atoms with Crippen LogP contribution >= 0.6 is 0 Å². The van der Waals surface area contributed by atoms with Crippen LogP contribution in [-0.4, -0.2) is 41.3 Å². The average molecular weight is 489 g/mol. The van der Waals surface area contributed by atoms with Crippen molar-refractivity contribution in [1.82, 2.24) is 9.80 Å². The summed E-state index contributed by atoms with van der Waals surface area (Å²) >= 11 is 0. The van der Waals surface area contributed by atoms with Crippen LogP contribution in [0, 0.1) is 12.8 Å². The first-order chi connectivity index (χ1) is 17.2. The molecule has 0 fully saturated rings. The fourth-order valence-electron chi connectivity index (χ4n) is 4.79. The molecule has 0 bridgehead atoms. The number of amides is 2. The molecular weight excluding hydrogens is 452 g/mol. The minimum atomic E-state index is -0.664. The lowest BCUT2D eigenvalue weighted by Crippen LogP contribution is -2.41. The summed E-state index contributed by atoms with van der Waals surface area (Å²) in [6, 6.07) is 17.9. The predicted octanol–water partition coefficient (Wildman–Crippen LogP) is 5.53. The van der Waals surface area contributed by atoms with Crippen LogP contribution in [-0.2, 0) is 22.6 Å². The van der Waals surface area contributed by atoms with Crippen molar-refractivity contribution in [3.8, 4) is 5.75 Å². The van der Waals surface area contributed by atoms with Crippen molar-refractivity contribution in [3.63, 3.8) is 0 Å². The molecule has 4 rings (SSSR count). The van der Waals surface area contributed by atoms with Crippen molar-refractivity contribution in [3.05, 3.63) is 88.9 Å². The van der Waals surface area contributed by atoms with E-state index in [-0.39, 0.29) is 23.8 Å². The van der Waals surface area contributed by atoms with Crippen molar-refractivity contribution < 1.29 is 18.7 Å². The van der Waals surface area contributed by atoms with Crippen LogP contribution in [0.2, 0.25) is 0 Å². The maximum Gasteiger partial charge on any atom is 0.263 e. The quantitative estimate of drug-likeness (QED) is 0.418. The summed E-state index contributed by atoms with van der Waals surface area (Å²) in [5.41, 5.74) is 4.52. The summed E-state index contributed by atoms with van der Waals surface area (Å²) in [6.45, 7) is 9.04. The third kappa shape index (κ3) is 5.81. The highest BCUT2D eigenvalue weighted by Crippen LogP contribution is 2.38. The number of ether oxygens (including phenoxy) is 1. The van der Waals surface area contributed by atoms with E-state index < -0.39 is 6.10 Å². The Kier molecular flexibility index (Phi) is 7.82. The molecule has 0 N–H and O–H groups in total. The third-order valence-electron chi connectivity index (χ3n) is 6.65. The molecule has 2 aromatic carbocycles. The van der Waals surface area contributed by atoms with Crippen LogP contribution in [0.15, 0.2) is 65.3 Å². The summed E-state index contributed by atoms with van der Waals surface area (Å²) in [4.78, 5) is 29.8. The fourth-order valence-corrected chi connectivity index (χ4v) is 4.79. The van der Waals surface area contributed by atoms with Crippen LogP contribution in [0.4, 0.5) is 0 Å². The molecule has 0 radical (unpaired) electrons. The summed E-state index contributed by atoms with van der Waals surface area (Å²) < 4.78 is 11.5. The molecule has 3 aromatic rings. The molecular formula is C30H36N2O4. The third-order valence-corrected chi connectivity index (χ3v) is 6.65. The molecule has 1 aromatic heterocycles. The highest BCUT2D eigenvalue weighted by molar-refractivity contribution is 5.80. The van der Waals surface area contributed by atoms with Gasteiger partial charge >= 0.3 is 0 Å². The summed E-state index contributed by atoms with van der Waals surface area (Å²) in [6.07, 6.45) is 2.24. The molecule has 1 aliphatic rings. The Hall–Kier alpha value is -3.54. The van der Waals surface area contributed by atoms with E-state index in [9.17, 15) is 9.59 Å². The topological polar surface area (TPSA) is 63.0 Å². The number of carbonyl (C=O) groups excluding carboxylic acids is 2. The second-order valence-electron chi connectivity index (χ2n) is 10.1. The Bertz CT molecular complexity index is 1180. The predicted molar refractivity (Wildman–Crippen MR) is 140 cm³/mol. The number of aryl methyl sites for hydroxylation is 1. The van der Waals surface area contributed by atoms with Gasteiger partial charge in [0.25, 0.3) is 5.91 Å². The maximum atomic E-state index is 13.3. The number of fused-ring (bicyclic) bond motifs is 1. The van der Waals surface area contributed by atoms with E-state index >= 15 is 0 Å². The molecule has 0 spiro atoms. The van der Waals surface area contributed by atoms with Gasteiger partial charge in [-0.15, -0.1) is 0 Å². The molecule has 2 atom stereocenters. The number of likely N-dealkylation sites (N-methyl/N-ethyl adjacent to an activating group) is 1. The number of benzene rings is 2. The molecule has 190 valence electrons.